The Hall–Kier alpha value is -1.32. The van der Waals surface area contributed by atoms with Gasteiger partial charge in [0.25, 0.3) is 5.91 Å². The normalized spacial score (nSPS) is 26.8. The van der Waals surface area contributed by atoms with Crippen LogP contribution in [0.2, 0.25) is 0 Å². The molecule has 0 bridgehead atoms. The van der Waals surface area contributed by atoms with Crippen LogP contribution in [-0.2, 0) is 6.42 Å². The third-order valence-electron chi connectivity index (χ3n) is 4.52. The van der Waals surface area contributed by atoms with Crippen molar-refractivity contribution in [2.75, 3.05) is 0 Å². The van der Waals surface area contributed by atoms with Crippen molar-refractivity contribution in [1.82, 2.24) is 15.5 Å². The van der Waals surface area contributed by atoms with Crippen molar-refractivity contribution >= 4 is 5.91 Å². The Morgan fingerprint density at radius 3 is 2.90 bits per heavy atom. The van der Waals surface area contributed by atoms with Gasteiger partial charge in [-0.1, -0.05) is 40.5 Å². The lowest BCUT2D eigenvalue weighted by atomic mass is 9.78. The van der Waals surface area contributed by atoms with E-state index in [1.165, 1.54) is 12.8 Å². The number of amides is 1. The summed E-state index contributed by atoms with van der Waals surface area (Å²) in [5.74, 6) is 1.75. The molecular weight excluding hydrogens is 250 g/mol. The molecule has 0 radical (unpaired) electrons. The maximum absolute atomic E-state index is 12.3. The van der Waals surface area contributed by atoms with Gasteiger partial charge in [0.05, 0.1) is 0 Å². The van der Waals surface area contributed by atoms with E-state index >= 15 is 0 Å². The van der Waals surface area contributed by atoms with Crippen molar-refractivity contribution in [3.05, 3.63) is 17.5 Å². The van der Waals surface area contributed by atoms with Gasteiger partial charge in [0, 0.05) is 11.7 Å². The molecule has 0 saturated heterocycles. The first-order valence-electron chi connectivity index (χ1n) is 7.82. The van der Waals surface area contributed by atoms with E-state index in [0.29, 0.717) is 23.4 Å². The van der Waals surface area contributed by atoms with Crippen LogP contribution in [0.25, 0.3) is 0 Å². The molecule has 3 atom stereocenters. The minimum Gasteiger partial charge on any atom is -0.348 e. The zero-order valence-corrected chi connectivity index (χ0v) is 13.1. The second-order valence-electron chi connectivity index (χ2n) is 6.72. The molecule has 1 aromatic heterocycles. The maximum atomic E-state index is 12.3. The van der Waals surface area contributed by atoms with Crippen LogP contribution in [0.3, 0.4) is 0 Å². The van der Waals surface area contributed by atoms with Crippen LogP contribution in [0.4, 0.5) is 0 Å². The lowest BCUT2D eigenvalue weighted by Gasteiger charge is -2.34. The van der Waals surface area contributed by atoms with Gasteiger partial charge in [-0.3, -0.25) is 9.89 Å². The van der Waals surface area contributed by atoms with Gasteiger partial charge in [-0.25, -0.2) is 0 Å². The number of aromatic amines is 1. The highest BCUT2D eigenvalue weighted by Gasteiger charge is 2.28. The monoisotopic (exact) mass is 277 g/mol. The van der Waals surface area contributed by atoms with Crippen LogP contribution in [0.1, 0.15) is 63.1 Å². The number of nitrogens with one attached hydrogen (secondary N) is 2. The van der Waals surface area contributed by atoms with Crippen molar-refractivity contribution < 1.29 is 4.79 Å². The Morgan fingerprint density at radius 2 is 2.20 bits per heavy atom. The van der Waals surface area contributed by atoms with E-state index in [1.807, 2.05) is 6.07 Å². The van der Waals surface area contributed by atoms with Crippen molar-refractivity contribution in [3.63, 3.8) is 0 Å². The lowest BCUT2D eigenvalue weighted by molar-refractivity contribution is 0.0886. The molecule has 1 aliphatic carbocycles. The zero-order valence-electron chi connectivity index (χ0n) is 13.1. The Labute approximate surface area is 121 Å². The largest absolute Gasteiger partial charge is 0.348 e. The minimum absolute atomic E-state index is 0.0396. The van der Waals surface area contributed by atoms with E-state index < -0.39 is 0 Å². The second-order valence-corrected chi connectivity index (χ2v) is 6.72. The van der Waals surface area contributed by atoms with Crippen molar-refractivity contribution in [2.24, 2.45) is 17.8 Å². The predicted molar refractivity (Wildman–Crippen MR) is 80.6 cm³/mol. The summed E-state index contributed by atoms with van der Waals surface area (Å²) >= 11 is 0. The lowest BCUT2D eigenvalue weighted by Crippen LogP contribution is -2.43. The van der Waals surface area contributed by atoms with E-state index in [2.05, 4.69) is 43.2 Å². The van der Waals surface area contributed by atoms with Crippen LogP contribution in [0.5, 0.6) is 0 Å². The fourth-order valence-electron chi connectivity index (χ4n) is 3.05. The summed E-state index contributed by atoms with van der Waals surface area (Å²) in [4.78, 5) is 12.3. The first kappa shape index (κ1) is 15.1. The van der Waals surface area contributed by atoms with E-state index in [1.54, 1.807) is 0 Å². The molecule has 1 aliphatic rings. The van der Waals surface area contributed by atoms with Gasteiger partial charge >= 0.3 is 0 Å². The van der Waals surface area contributed by atoms with E-state index in [-0.39, 0.29) is 11.9 Å². The summed E-state index contributed by atoms with van der Waals surface area (Å²) in [6.07, 6.45) is 4.49. The first-order chi connectivity index (χ1) is 9.47. The Bertz CT molecular complexity index is 452. The standard InChI is InChI=1S/C16H27N3O/c1-10(2)8-13-9-15(19-18-13)16(20)17-14-7-5-6-11(3)12(14)4/h9-12,14H,5-8H2,1-4H3,(H,17,20)(H,18,19). The van der Waals surface area contributed by atoms with Crippen LogP contribution in [0.15, 0.2) is 6.07 Å². The fourth-order valence-corrected chi connectivity index (χ4v) is 3.05. The molecule has 0 aliphatic heterocycles. The summed E-state index contributed by atoms with van der Waals surface area (Å²) in [5, 5.41) is 10.3. The molecule has 1 heterocycles. The number of aromatic nitrogens is 2. The number of H-pyrrole nitrogens is 1. The van der Waals surface area contributed by atoms with Gasteiger partial charge in [0.2, 0.25) is 0 Å². The van der Waals surface area contributed by atoms with Crippen LogP contribution < -0.4 is 5.32 Å². The maximum Gasteiger partial charge on any atom is 0.272 e. The zero-order chi connectivity index (χ0) is 14.7. The molecule has 20 heavy (non-hydrogen) atoms. The van der Waals surface area contributed by atoms with Gasteiger partial charge in [-0.15, -0.1) is 0 Å². The molecule has 1 aromatic rings. The fraction of sp³-hybridized carbons (Fsp3) is 0.750. The van der Waals surface area contributed by atoms with Crippen LogP contribution >= 0.6 is 0 Å². The number of rotatable bonds is 4. The molecule has 4 heteroatoms. The number of nitrogens with zero attached hydrogens (tertiary/aromatic N) is 1. The molecular formula is C16H27N3O. The Balaban J connectivity index is 1.95. The van der Waals surface area contributed by atoms with Gasteiger partial charge < -0.3 is 5.32 Å². The average molecular weight is 277 g/mol. The molecule has 2 rings (SSSR count). The predicted octanol–water partition coefficient (Wildman–Crippen LogP) is 3.16. The molecule has 0 spiro atoms. The number of hydrogen-bond acceptors (Lipinski definition) is 2. The van der Waals surface area contributed by atoms with Gasteiger partial charge in [-0.2, -0.15) is 5.10 Å². The van der Waals surface area contributed by atoms with Crippen molar-refractivity contribution in [2.45, 2.75) is 59.4 Å². The summed E-state index contributed by atoms with van der Waals surface area (Å²) in [5.41, 5.74) is 1.56. The van der Waals surface area contributed by atoms with Crippen molar-refractivity contribution in [3.8, 4) is 0 Å². The Kier molecular flexibility index (Phi) is 4.84. The van der Waals surface area contributed by atoms with E-state index in [4.69, 9.17) is 0 Å². The average Bonchev–Trinajstić information content (AvgIpc) is 2.82. The second kappa shape index (κ2) is 6.42. The highest BCUT2D eigenvalue weighted by molar-refractivity contribution is 5.92. The van der Waals surface area contributed by atoms with Crippen LogP contribution in [-0.4, -0.2) is 22.1 Å². The third-order valence-corrected chi connectivity index (χ3v) is 4.52. The first-order valence-corrected chi connectivity index (χ1v) is 7.82. The van der Waals surface area contributed by atoms with E-state index in [9.17, 15) is 4.79 Å². The molecule has 3 unspecified atom stereocenters. The molecule has 112 valence electrons. The smallest absolute Gasteiger partial charge is 0.272 e. The van der Waals surface area contributed by atoms with Crippen LogP contribution in [0, 0.1) is 17.8 Å². The number of carbonyl (C=O) groups is 1. The SMILES string of the molecule is CC(C)Cc1cc(C(=O)NC2CCCC(C)C2C)n[nH]1. The summed E-state index contributed by atoms with van der Waals surface area (Å²) in [7, 11) is 0. The quantitative estimate of drug-likeness (QED) is 0.888. The third kappa shape index (κ3) is 3.62. The minimum atomic E-state index is -0.0396. The molecule has 2 N–H and O–H groups in total. The van der Waals surface area contributed by atoms with Gasteiger partial charge in [0.15, 0.2) is 0 Å². The molecule has 0 aromatic carbocycles. The van der Waals surface area contributed by atoms with E-state index in [0.717, 1.165) is 18.5 Å². The highest BCUT2D eigenvalue weighted by Crippen LogP contribution is 2.29. The molecule has 1 saturated carbocycles. The summed E-state index contributed by atoms with van der Waals surface area (Å²) in [6.45, 7) is 8.83. The summed E-state index contributed by atoms with van der Waals surface area (Å²) in [6, 6.07) is 2.17. The highest BCUT2D eigenvalue weighted by atomic mass is 16.2. The molecule has 4 nitrogen and oxygen atoms in total. The van der Waals surface area contributed by atoms with Gasteiger partial charge in [-0.05, 0) is 36.7 Å². The van der Waals surface area contributed by atoms with Gasteiger partial charge in [0.1, 0.15) is 5.69 Å². The van der Waals surface area contributed by atoms with Crippen molar-refractivity contribution in [1.29, 1.82) is 0 Å². The molecule has 1 amide bonds. The topological polar surface area (TPSA) is 57.8 Å². The number of hydrogen-bond donors (Lipinski definition) is 2. The summed E-state index contributed by atoms with van der Waals surface area (Å²) < 4.78 is 0. The molecule has 1 fully saturated rings. The number of carbonyl (C=O) groups excluding carboxylic acids is 1. The Morgan fingerprint density at radius 1 is 1.45 bits per heavy atom.